The third-order valence-corrected chi connectivity index (χ3v) is 3.87. The Kier molecular flexibility index (Phi) is 6.14. The summed E-state index contributed by atoms with van der Waals surface area (Å²) in [5.74, 6) is -0.467. The Balaban J connectivity index is 1.75. The Bertz CT molecular complexity index is 559. The second-order valence-electron chi connectivity index (χ2n) is 5.66. The minimum absolute atomic E-state index is 0.00767. The van der Waals surface area contributed by atoms with E-state index in [1.807, 2.05) is 30.3 Å². The van der Waals surface area contributed by atoms with Crippen LogP contribution in [-0.2, 0) is 20.9 Å². The first-order valence-electron chi connectivity index (χ1n) is 7.96. The lowest BCUT2D eigenvalue weighted by atomic mass is 10.1. The number of hydrogen-bond acceptors (Lipinski definition) is 3. The van der Waals surface area contributed by atoms with E-state index in [1.165, 1.54) is 0 Å². The van der Waals surface area contributed by atoms with E-state index in [4.69, 9.17) is 0 Å². The third-order valence-electron chi connectivity index (χ3n) is 3.87. The van der Waals surface area contributed by atoms with Crippen molar-refractivity contribution in [2.45, 2.75) is 26.3 Å². The molecule has 1 saturated heterocycles. The van der Waals surface area contributed by atoms with Gasteiger partial charge in [0.1, 0.15) is 0 Å². The smallest absolute Gasteiger partial charge is 0.225 e. The van der Waals surface area contributed by atoms with Crippen molar-refractivity contribution >= 4 is 17.7 Å². The largest absolute Gasteiger partial charge is 0.354 e. The Morgan fingerprint density at radius 1 is 1.17 bits per heavy atom. The van der Waals surface area contributed by atoms with Crippen molar-refractivity contribution in [3.8, 4) is 0 Å². The first kappa shape index (κ1) is 17.0. The highest BCUT2D eigenvalue weighted by atomic mass is 16.2. The van der Waals surface area contributed by atoms with Gasteiger partial charge in [-0.05, 0) is 5.56 Å². The Labute approximate surface area is 136 Å². The van der Waals surface area contributed by atoms with Crippen LogP contribution in [0.15, 0.2) is 30.3 Å². The van der Waals surface area contributed by atoms with Crippen LogP contribution in [0.2, 0.25) is 0 Å². The fourth-order valence-corrected chi connectivity index (χ4v) is 2.56. The molecule has 1 atom stereocenters. The van der Waals surface area contributed by atoms with E-state index in [0.29, 0.717) is 32.6 Å². The van der Waals surface area contributed by atoms with E-state index in [0.717, 1.165) is 5.56 Å². The molecule has 1 heterocycles. The van der Waals surface area contributed by atoms with Gasteiger partial charge in [0.05, 0.1) is 5.92 Å². The summed E-state index contributed by atoms with van der Waals surface area (Å²) >= 11 is 0. The molecule has 0 aromatic heterocycles. The fraction of sp³-hybridized carbons (Fsp3) is 0.471. The highest BCUT2D eigenvalue weighted by Crippen LogP contribution is 2.20. The van der Waals surface area contributed by atoms with Crippen molar-refractivity contribution in [2.24, 2.45) is 5.92 Å². The molecule has 2 rings (SSSR count). The first-order chi connectivity index (χ1) is 11.1. The lowest BCUT2D eigenvalue weighted by Gasteiger charge is -2.16. The van der Waals surface area contributed by atoms with E-state index in [-0.39, 0.29) is 30.1 Å². The van der Waals surface area contributed by atoms with Crippen molar-refractivity contribution in [2.75, 3.05) is 19.6 Å². The molecule has 124 valence electrons. The topological polar surface area (TPSA) is 78.5 Å². The van der Waals surface area contributed by atoms with Crippen LogP contribution in [0.4, 0.5) is 0 Å². The summed E-state index contributed by atoms with van der Waals surface area (Å²) in [7, 11) is 0. The number of likely N-dealkylation sites (tertiary alicyclic amines) is 1. The molecule has 1 aliphatic rings. The summed E-state index contributed by atoms with van der Waals surface area (Å²) < 4.78 is 0. The Hall–Kier alpha value is -2.37. The fourth-order valence-electron chi connectivity index (χ4n) is 2.56. The molecule has 2 N–H and O–H groups in total. The van der Waals surface area contributed by atoms with E-state index in [2.05, 4.69) is 10.6 Å². The first-order valence-corrected chi connectivity index (χ1v) is 7.96. The Morgan fingerprint density at radius 2 is 1.87 bits per heavy atom. The standard InChI is InChI=1S/C17H23N3O3/c1-2-15(21)18-8-9-19-17(23)14-10-16(22)20(12-14)11-13-6-4-3-5-7-13/h3-7,14H,2,8-12H2,1H3,(H,18,21)(H,19,23). The lowest BCUT2D eigenvalue weighted by Crippen LogP contribution is -2.38. The number of carbonyl (C=O) groups excluding carboxylic acids is 3. The van der Waals surface area contributed by atoms with Crippen molar-refractivity contribution in [3.05, 3.63) is 35.9 Å². The normalized spacial score (nSPS) is 17.2. The molecule has 23 heavy (non-hydrogen) atoms. The van der Waals surface area contributed by atoms with Gasteiger partial charge < -0.3 is 15.5 Å². The average Bonchev–Trinajstić information content (AvgIpc) is 2.93. The van der Waals surface area contributed by atoms with Crippen LogP contribution in [0.1, 0.15) is 25.3 Å². The minimum Gasteiger partial charge on any atom is -0.354 e. The average molecular weight is 317 g/mol. The van der Waals surface area contributed by atoms with Gasteiger partial charge in [-0.25, -0.2) is 0 Å². The van der Waals surface area contributed by atoms with Gasteiger partial charge in [0.25, 0.3) is 0 Å². The molecule has 1 unspecified atom stereocenters. The summed E-state index contributed by atoms with van der Waals surface area (Å²) in [6.45, 7) is 3.55. The van der Waals surface area contributed by atoms with Crippen LogP contribution in [0.5, 0.6) is 0 Å². The zero-order valence-corrected chi connectivity index (χ0v) is 13.4. The van der Waals surface area contributed by atoms with E-state index < -0.39 is 0 Å². The van der Waals surface area contributed by atoms with Crippen LogP contribution < -0.4 is 10.6 Å². The number of nitrogens with zero attached hydrogens (tertiary/aromatic N) is 1. The van der Waals surface area contributed by atoms with Gasteiger partial charge in [0, 0.05) is 39.0 Å². The van der Waals surface area contributed by atoms with Gasteiger partial charge in [-0.3, -0.25) is 14.4 Å². The zero-order valence-electron chi connectivity index (χ0n) is 13.4. The predicted molar refractivity (Wildman–Crippen MR) is 86.3 cm³/mol. The molecule has 0 radical (unpaired) electrons. The molecule has 0 bridgehead atoms. The molecular weight excluding hydrogens is 294 g/mol. The maximum atomic E-state index is 12.1. The third kappa shape index (κ3) is 5.09. The highest BCUT2D eigenvalue weighted by molar-refractivity contribution is 5.89. The zero-order chi connectivity index (χ0) is 16.7. The Morgan fingerprint density at radius 3 is 2.57 bits per heavy atom. The highest BCUT2D eigenvalue weighted by Gasteiger charge is 2.33. The molecule has 1 fully saturated rings. The van der Waals surface area contributed by atoms with Gasteiger partial charge in [0.2, 0.25) is 17.7 Å². The van der Waals surface area contributed by atoms with Crippen LogP contribution in [0.3, 0.4) is 0 Å². The van der Waals surface area contributed by atoms with E-state index in [1.54, 1.807) is 11.8 Å². The lowest BCUT2D eigenvalue weighted by molar-refractivity contribution is -0.129. The van der Waals surface area contributed by atoms with Crippen molar-refractivity contribution in [3.63, 3.8) is 0 Å². The molecular formula is C17H23N3O3. The number of amides is 3. The second kappa shape index (κ2) is 8.31. The van der Waals surface area contributed by atoms with Gasteiger partial charge in [-0.2, -0.15) is 0 Å². The molecule has 1 aromatic rings. The maximum absolute atomic E-state index is 12.1. The summed E-state index contributed by atoms with van der Waals surface area (Å²) in [4.78, 5) is 37.0. The van der Waals surface area contributed by atoms with Crippen LogP contribution in [0, 0.1) is 5.92 Å². The van der Waals surface area contributed by atoms with E-state index in [9.17, 15) is 14.4 Å². The molecule has 1 aliphatic heterocycles. The predicted octanol–water partition coefficient (Wildman–Crippen LogP) is 0.677. The van der Waals surface area contributed by atoms with Gasteiger partial charge in [-0.15, -0.1) is 0 Å². The molecule has 0 saturated carbocycles. The molecule has 3 amide bonds. The SMILES string of the molecule is CCC(=O)NCCNC(=O)C1CC(=O)N(Cc2ccccc2)C1. The van der Waals surface area contributed by atoms with Gasteiger partial charge in [-0.1, -0.05) is 37.3 Å². The van der Waals surface area contributed by atoms with Crippen LogP contribution in [0.25, 0.3) is 0 Å². The summed E-state index contributed by atoms with van der Waals surface area (Å²) in [6.07, 6.45) is 0.680. The van der Waals surface area contributed by atoms with Gasteiger partial charge in [0.15, 0.2) is 0 Å². The maximum Gasteiger partial charge on any atom is 0.225 e. The molecule has 6 nitrogen and oxygen atoms in total. The van der Waals surface area contributed by atoms with Crippen molar-refractivity contribution in [1.82, 2.24) is 15.5 Å². The molecule has 6 heteroatoms. The number of hydrogen-bond donors (Lipinski definition) is 2. The van der Waals surface area contributed by atoms with Crippen LogP contribution >= 0.6 is 0 Å². The summed E-state index contributed by atoms with van der Waals surface area (Å²) in [6, 6.07) is 9.74. The number of benzene rings is 1. The molecule has 0 spiro atoms. The van der Waals surface area contributed by atoms with Crippen molar-refractivity contribution < 1.29 is 14.4 Å². The van der Waals surface area contributed by atoms with E-state index >= 15 is 0 Å². The van der Waals surface area contributed by atoms with Crippen molar-refractivity contribution in [1.29, 1.82) is 0 Å². The van der Waals surface area contributed by atoms with Crippen LogP contribution in [-0.4, -0.2) is 42.3 Å². The number of carbonyl (C=O) groups is 3. The summed E-state index contributed by atoms with van der Waals surface area (Å²) in [5.41, 5.74) is 1.06. The quantitative estimate of drug-likeness (QED) is 0.726. The summed E-state index contributed by atoms with van der Waals surface area (Å²) in [5, 5.41) is 5.47. The minimum atomic E-state index is -0.312. The number of nitrogens with one attached hydrogen (secondary N) is 2. The molecule has 1 aromatic carbocycles. The number of rotatable bonds is 7. The monoisotopic (exact) mass is 317 g/mol. The van der Waals surface area contributed by atoms with Gasteiger partial charge >= 0.3 is 0 Å². The molecule has 0 aliphatic carbocycles. The second-order valence-corrected chi connectivity index (χ2v) is 5.66.